The van der Waals surface area contributed by atoms with Gasteiger partial charge in [-0.15, -0.1) is 0 Å². The first-order valence-electron chi connectivity index (χ1n) is 8.03. The van der Waals surface area contributed by atoms with E-state index in [9.17, 15) is 0 Å². The molecule has 0 saturated carbocycles. The van der Waals surface area contributed by atoms with E-state index >= 15 is 0 Å². The fourth-order valence-electron chi connectivity index (χ4n) is 3.17. The summed E-state index contributed by atoms with van der Waals surface area (Å²) in [6, 6.07) is 16.5. The Hall–Kier alpha value is -1.56. The van der Waals surface area contributed by atoms with Crippen molar-refractivity contribution in [2.45, 2.75) is 51.9 Å². The Bertz CT molecular complexity index is 539. The van der Waals surface area contributed by atoms with Gasteiger partial charge in [0.1, 0.15) is 0 Å². The number of hydrogen-bond donors (Lipinski definition) is 0. The largest absolute Gasteiger partial charge is 0.0654 e. The molecular weight excluding hydrogens is 240 g/mol. The highest BCUT2D eigenvalue weighted by Crippen LogP contribution is 2.19. The molecular formula is C20H24. The summed E-state index contributed by atoms with van der Waals surface area (Å²) in [6.07, 6.45) is 8.52. The molecule has 0 heteroatoms. The van der Waals surface area contributed by atoms with Crippen molar-refractivity contribution in [3.05, 3.63) is 70.3 Å². The summed E-state index contributed by atoms with van der Waals surface area (Å²) in [6.45, 7) is 2.27. The summed E-state index contributed by atoms with van der Waals surface area (Å²) < 4.78 is 0. The van der Waals surface area contributed by atoms with Crippen LogP contribution in [0.5, 0.6) is 0 Å². The molecule has 0 fully saturated rings. The van der Waals surface area contributed by atoms with E-state index in [1.807, 2.05) is 0 Å². The van der Waals surface area contributed by atoms with Crippen LogP contribution >= 0.6 is 0 Å². The highest BCUT2D eigenvalue weighted by molar-refractivity contribution is 5.34. The summed E-state index contributed by atoms with van der Waals surface area (Å²) in [5.41, 5.74) is 7.58. The second-order valence-corrected chi connectivity index (χ2v) is 6.08. The minimum atomic E-state index is 1.17. The van der Waals surface area contributed by atoms with Crippen molar-refractivity contribution in [3.8, 4) is 0 Å². The molecule has 0 N–H and O–H groups in total. The van der Waals surface area contributed by atoms with E-state index in [2.05, 4.69) is 49.4 Å². The predicted octanol–water partition coefficient (Wildman–Crippen LogP) is 4.91. The summed E-state index contributed by atoms with van der Waals surface area (Å²) in [5, 5.41) is 0. The molecule has 1 aliphatic carbocycles. The first-order valence-corrected chi connectivity index (χ1v) is 8.03. The Morgan fingerprint density at radius 1 is 0.750 bits per heavy atom. The third-order valence-electron chi connectivity index (χ3n) is 4.33. The lowest BCUT2D eigenvalue weighted by atomic mass is 9.92. The van der Waals surface area contributed by atoms with Crippen LogP contribution in [-0.2, 0) is 32.1 Å². The number of unbranched alkanes of at least 4 members (excludes halogenated alkanes) is 1. The highest BCUT2D eigenvalue weighted by atomic mass is 14.1. The molecule has 0 atom stereocenters. The second-order valence-electron chi connectivity index (χ2n) is 6.08. The van der Waals surface area contributed by atoms with Crippen LogP contribution in [0.4, 0.5) is 0 Å². The molecule has 2 aromatic carbocycles. The molecule has 2 aromatic rings. The zero-order valence-corrected chi connectivity index (χ0v) is 12.5. The van der Waals surface area contributed by atoms with Gasteiger partial charge >= 0.3 is 0 Å². The zero-order valence-electron chi connectivity index (χ0n) is 12.5. The standard InChI is InChI=1S/C20H24/c1-2-3-5-18-13-19-10-8-16-6-4-7-17(12-16)9-11-20(14-18)15-19/h4,6-7,12-15H,2-3,5,8-11H2,1H3. The van der Waals surface area contributed by atoms with Crippen LogP contribution in [-0.4, -0.2) is 0 Å². The molecule has 4 bridgehead atoms. The van der Waals surface area contributed by atoms with Crippen molar-refractivity contribution < 1.29 is 0 Å². The molecule has 1 aliphatic rings. The maximum Gasteiger partial charge on any atom is -0.0238 e. The van der Waals surface area contributed by atoms with Crippen molar-refractivity contribution in [3.63, 3.8) is 0 Å². The number of hydrogen-bond acceptors (Lipinski definition) is 0. The lowest BCUT2D eigenvalue weighted by Crippen LogP contribution is -2.01. The van der Waals surface area contributed by atoms with Gasteiger partial charge in [0.15, 0.2) is 0 Å². The average Bonchev–Trinajstić information content (AvgIpc) is 2.49. The van der Waals surface area contributed by atoms with Gasteiger partial charge < -0.3 is 0 Å². The van der Waals surface area contributed by atoms with Gasteiger partial charge in [0, 0.05) is 0 Å². The van der Waals surface area contributed by atoms with Gasteiger partial charge in [-0.05, 0) is 66.3 Å². The van der Waals surface area contributed by atoms with Crippen LogP contribution in [0, 0.1) is 0 Å². The maximum absolute atomic E-state index is 2.44. The molecule has 0 spiro atoms. The minimum absolute atomic E-state index is 1.17. The first-order chi connectivity index (χ1) is 9.83. The Kier molecular flexibility index (Phi) is 4.20. The van der Waals surface area contributed by atoms with Crippen molar-refractivity contribution in [2.24, 2.45) is 0 Å². The van der Waals surface area contributed by atoms with Crippen molar-refractivity contribution in [1.29, 1.82) is 0 Å². The second kappa shape index (κ2) is 6.26. The summed E-state index contributed by atoms with van der Waals surface area (Å²) >= 11 is 0. The Balaban J connectivity index is 1.87. The molecule has 0 aromatic heterocycles. The van der Waals surface area contributed by atoms with E-state index in [0.717, 1.165) is 0 Å². The van der Waals surface area contributed by atoms with E-state index in [0.29, 0.717) is 0 Å². The molecule has 0 saturated heterocycles. The molecule has 0 amide bonds. The van der Waals surface area contributed by atoms with Crippen LogP contribution in [0.25, 0.3) is 0 Å². The normalized spacial score (nSPS) is 14.1. The lowest BCUT2D eigenvalue weighted by Gasteiger charge is -2.13. The topological polar surface area (TPSA) is 0 Å². The molecule has 104 valence electrons. The maximum atomic E-state index is 2.44. The van der Waals surface area contributed by atoms with E-state index in [4.69, 9.17) is 0 Å². The van der Waals surface area contributed by atoms with Gasteiger partial charge in [-0.3, -0.25) is 0 Å². The Morgan fingerprint density at radius 3 is 1.90 bits per heavy atom. The van der Waals surface area contributed by atoms with Gasteiger partial charge in [-0.2, -0.15) is 0 Å². The van der Waals surface area contributed by atoms with Crippen LogP contribution in [0.15, 0.2) is 42.5 Å². The molecule has 0 unspecified atom stereocenters. The first kappa shape index (κ1) is 13.4. The molecule has 0 nitrogen and oxygen atoms in total. The van der Waals surface area contributed by atoms with Crippen molar-refractivity contribution in [1.82, 2.24) is 0 Å². The van der Waals surface area contributed by atoms with Crippen LogP contribution < -0.4 is 0 Å². The third-order valence-corrected chi connectivity index (χ3v) is 4.33. The summed E-state index contributed by atoms with van der Waals surface area (Å²) in [7, 11) is 0. The number of rotatable bonds is 3. The van der Waals surface area contributed by atoms with E-state index in [1.54, 1.807) is 5.56 Å². The Labute approximate surface area is 122 Å². The predicted molar refractivity (Wildman–Crippen MR) is 86.3 cm³/mol. The number of fused-ring (bicyclic) bond motifs is 4. The third kappa shape index (κ3) is 3.30. The average molecular weight is 264 g/mol. The summed E-state index contributed by atoms with van der Waals surface area (Å²) in [5.74, 6) is 0. The van der Waals surface area contributed by atoms with E-state index in [1.165, 1.54) is 67.2 Å². The monoisotopic (exact) mass is 264 g/mol. The van der Waals surface area contributed by atoms with Crippen molar-refractivity contribution >= 4 is 0 Å². The minimum Gasteiger partial charge on any atom is -0.0654 e. The molecule has 0 heterocycles. The molecule has 0 aliphatic heterocycles. The zero-order chi connectivity index (χ0) is 13.8. The highest BCUT2D eigenvalue weighted by Gasteiger charge is 2.06. The van der Waals surface area contributed by atoms with Gasteiger partial charge in [0.2, 0.25) is 0 Å². The fourth-order valence-corrected chi connectivity index (χ4v) is 3.17. The van der Waals surface area contributed by atoms with E-state index < -0.39 is 0 Å². The van der Waals surface area contributed by atoms with Crippen LogP contribution in [0.2, 0.25) is 0 Å². The van der Waals surface area contributed by atoms with Gasteiger partial charge in [0.05, 0.1) is 0 Å². The number of benzene rings is 2. The summed E-state index contributed by atoms with van der Waals surface area (Å²) in [4.78, 5) is 0. The quantitative estimate of drug-likeness (QED) is 0.738. The van der Waals surface area contributed by atoms with Crippen LogP contribution in [0.3, 0.4) is 0 Å². The lowest BCUT2D eigenvalue weighted by molar-refractivity contribution is 0.789. The van der Waals surface area contributed by atoms with E-state index in [-0.39, 0.29) is 0 Å². The van der Waals surface area contributed by atoms with Gasteiger partial charge in [-0.25, -0.2) is 0 Å². The van der Waals surface area contributed by atoms with Gasteiger partial charge in [0.25, 0.3) is 0 Å². The molecule has 3 rings (SSSR count). The molecule has 20 heavy (non-hydrogen) atoms. The van der Waals surface area contributed by atoms with Gasteiger partial charge in [-0.1, -0.05) is 55.8 Å². The molecule has 0 radical (unpaired) electrons. The van der Waals surface area contributed by atoms with Crippen LogP contribution in [0.1, 0.15) is 47.6 Å². The number of aryl methyl sites for hydroxylation is 5. The van der Waals surface area contributed by atoms with Crippen molar-refractivity contribution in [2.75, 3.05) is 0 Å². The smallest absolute Gasteiger partial charge is 0.0238 e. The Morgan fingerprint density at radius 2 is 1.30 bits per heavy atom. The fraction of sp³-hybridized carbons (Fsp3) is 0.400. The SMILES string of the molecule is CCCCc1cc2cc(c1)CCc1cccc(c1)CC2.